The Kier molecular flexibility index (Phi) is 3.64. The van der Waals surface area contributed by atoms with Crippen LogP contribution in [0, 0.1) is 21.8 Å². The minimum Gasteiger partial charge on any atom is -0.375 e. The third-order valence-electron chi connectivity index (χ3n) is 4.85. The molecule has 3 atom stereocenters. The standard InChI is InChI=1S/C18H14BrFN2O2/c19-11-8-15-13-2-1-3-14(13)17(21-18(15)16(20)9-11)10-4-6-12(7-5-10)22(23)24/h1-2,4-9,13-14,17,21H,3H2/t13-,14-,17+/m1/s1. The maximum atomic E-state index is 14.4. The molecule has 1 heterocycles. The van der Waals surface area contributed by atoms with Gasteiger partial charge in [-0.25, -0.2) is 4.39 Å². The molecule has 4 rings (SSSR count). The molecule has 6 heteroatoms. The van der Waals surface area contributed by atoms with Gasteiger partial charge in [-0.1, -0.05) is 40.2 Å². The quantitative estimate of drug-likeness (QED) is 0.430. The summed E-state index contributed by atoms with van der Waals surface area (Å²) >= 11 is 3.36. The number of fused-ring (bicyclic) bond motifs is 3. The molecule has 2 aromatic carbocycles. The molecule has 0 fully saturated rings. The Hall–Kier alpha value is -2.21. The van der Waals surface area contributed by atoms with Crippen LogP contribution < -0.4 is 5.32 Å². The van der Waals surface area contributed by atoms with Crippen molar-refractivity contribution in [2.45, 2.75) is 18.4 Å². The van der Waals surface area contributed by atoms with Gasteiger partial charge in [-0.15, -0.1) is 0 Å². The van der Waals surface area contributed by atoms with E-state index in [-0.39, 0.29) is 29.4 Å². The topological polar surface area (TPSA) is 55.2 Å². The van der Waals surface area contributed by atoms with Crippen LogP contribution in [0.25, 0.3) is 0 Å². The van der Waals surface area contributed by atoms with Crippen molar-refractivity contribution in [3.63, 3.8) is 0 Å². The maximum absolute atomic E-state index is 14.4. The smallest absolute Gasteiger partial charge is 0.269 e. The van der Waals surface area contributed by atoms with Crippen LogP contribution in [0.3, 0.4) is 0 Å². The zero-order chi connectivity index (χ0) is 16.8. The Morgan fingerprint density at radius 3 is 2.71 bits per heavy atom. The van der Waals surface area contributed by atoms with Gasteiger partial charge >= 0.3 is 0 Å². The van der Waals surface area contributed by atoms with E-state index < -0.39 is 4.92 Å². The predicted octanol–water partition coefficient (Wildman–Crippen LogP) is 5.32. The summed E-state index contributed by atoms with van der Waals surface area (Å²) in [5, 5.41) is 14.2. The number of halogens is 2. The van der Waals surface area contributed by atoms with Gasteiger partial charge in [0.15, 0.2) is 0 Å². The molecular formula is C18H14BrFN2O2. The van der Waals surface area contributed by atoms with Crippen LogP contribution in [-0.2, 0) is 0 Å². The van der Waals surface area contributed by atoms with Gasteiger partial charge in [0, 0.05) is 22.5 Å². The van der Waals surface area contributed by atoms with E-state index in [2.05, 4.69) is 33.4 Å². The molecule has 2 aromatic rings. The minimum atomic E-state index is -0.412. The van der Waals surface area contributed by atoms with Crippen molar-refractivity contribution in [3.8, 4) is 0 Å². The predicted molar refractivity (Wildman–Crippen MR) is 93.5 cm³/mol. The number of nitrogens with one attached hydrogen (secondary N) is 1. The highest BCUT2D eigenvalue weighted by Crippen LogP contribution is 2.51. The van der Waals surface area contributed by atoms with E-state index in [1.165, 1.54) is 18.2 Å². The summed E-state index contributed by atoms with van der Waals surface area (Å²) in [6.45, 7) is 0. The first-order valence-corrected chi connectivity index (χ1v) is 8.50. The molecule has 0 spiro atoms. The maximum Gasteiger partial charge on any atom is 0.269 e. The lowest BCUT2D eigenvalue weighted by Gasteiger charge is -2.37. The van der Waals surface area contributed by atoms with Crippen molar-refractivity contribution in [3.05, 3.63) is 80.1 Å². The van der Waals surface area contributed by atoms with Crippen molar-refractivity contribution in [2.24, 2.45) is 5.92 Å². The molecular weight excluding hydrogens is 375 g/mol. The highest BCUT2D eigenvalue weighted by atomic mass is 79.9. The number of allylic oxidation sites excluding steroid dienone is 2. The number of nitro groups is 1. The van der Waals surface area contributed by atoms with Crippen LogP contribution in [-0.4, -0.2) is 4.92 Å². The van der Waals surface area contributed by atoms with Gasteiger partial charge in [0.1, 0.15) is 5.82 Å². The van der Waals surface area contributed by atoms with Gasteiger partial charge in [0.05, 0.1) is 16.7 Å². The highest BCUT2D eigenvalue weighted by Gasteiger charge is 2.39. The summed E-state index contributed by atoms with van der Waals surface area (Å²) in [6.07, 6.45) is 5.16. The molecule has 0 radical (unpaired) electrons. The number of non-ortho nitro benzene ring substituents is 1. The van der Waals surface area contributed by atoms with Crippen LogP contribution in [0.15, 0.2) is 53.0 Å². The lowest BCUT2D eigenvalue weighted by atomic mass is 9.77. The van der Waals surface area contributed by atoms with Gasteiger partial charge in [0.2, 0.25) is 0 Å². The summed E-state index contributed by atoms with van der Waals surface area (Å²) in [4.78, 5) is 10.4. The molecule has 0 saturated heterocycles. The Morgan fingerprint density at radius 1 is 1.25 bits per heavy atom. The normalized spacial score (nSPS) is 24.2. The Labute approximate surface area is 146 Å². The average molecular weight is 389 g/mol. The van der Waals surface area contributed by atoms with Gasteiger partial charge in [-0.3, -0.25) is 10.1 Å². The molecule has 122 valence electrons. The van der Waals surface area contributed by atoms with Crippen LogP contribution >= 0.6 is 15.9 Å². The van der Waals surface area contributed by atoms with E-state index in [1.54, 1.807) is 12.1 Å². The highest BCUT2D eigenvalue weighted by molar-refractivity contribution is 9.10. The molecule has 1 aliphatic heterocycles. The van der Waals surface area contributed by atoms with Gasteiger partial charge < -0.3 is 5.32 Å². The van der Waals surface area contributed by atoms with E-state index in [9.17, 15) is 14.5 Å². The fourth-order valence-corrected chi connectivity index (χ4v) is 4.20. The summed E-state index contributed by atoms with van der Waals surface area (Å²) in [6, 6.07) is 9.86. The molecule has 2 aliphatic rings. The van der Waals surface area contributed by atoms with Crippen LogP contribution in [0.4, 0.5) is 15.8 Å². The fourth-order valence-electron chi connectivity index (χ4n) is 3.75. The van der Waals surface area contributed by atoms with Crippen LogP contribution in [0.1, 0.15) is 29.5 Å². The van der Waals surface area contributed by atoms with E-state index >= 15 is 0 Å². The zero-order valence-corrected chi connectivity index (χ0v) is 14.2. The number of anilines is 1. The SMILES string of the molecule is O=[N+]([O-])c1ccc([C@@H]2Nc3c(F)cc(Br)cc3[C@@H]3C=CC[C@H]32)cc1. The van der Waals surface area contributed by atoms with Gasteiger partial charge in [0.25, 0.3) is 5.69 Å². The molecule has 0 unspecified atom stereocenters. The molecule has 1 N–H and O–H groups in total. The van der Waals surface area contributed by atoms with Crippen molar-refractivity contribution in [1.82, 2.24) is 0 Å². The second-order valence-corrected chi connectivity index (χ2v) is 7.09. The van der Waals surface area contributed by atoms with E-state index in [4.69, 9.17) is 0 Å². The summed E-state index contributed by atoms with van der Waals surface area (Å²) < 4.78 is 15.2. The van der Waals surface area contributed by atoms with Crippen molar-refractivity contribution in [2.75, 3.05) is 5.32 Å². The second kappa shape index (κ2) is 5.70. The summed E-state index contributed by atoms with van der Waals surface area (Å²) in [5.41, 5.74) is 2.48. The van der Waals surface area contributed by atoms with Gasteiger partial charge in [-0.05, 0) is 35.6 Å². The first kappa shape index (κ1) is 15.3. The number of benzene rings is 2. The number of hydrogen-bond donors (Lipinski definition) is 1. The first-order valence-electron chi connectivity index (χ1n) is 7.71. The summed E-state index contributed by atoms with van der Waals surface area (Å²) in [5.74, 6) is 0.131. The van der Waals surface area contributed by atoms with Crippen molar-refractivity contribution >= 4 is 27.3 Å². The molecule has 0 bridgehead atoms. The van der Waals surface area contributed by atoms with E-state index in [0.717, 1.165) is 22.0 Å². The van der Waals surface area contributed by atoms with Crippen LogP contribution in [0.5, 0.6) is 0 Å². The average Bonchev–Trinajstić information content (AvgIpc) is 3.04. The molecule has 0 amide bonds. The first-order chi connectivity index (χ1) is 11.5. The Balaban J connectivity index is 1.76. The van der Waals surface area contributed by atoms with Gasteiger partial charge in [-0.2, -0.15) is 0 Å². The third-order valence-corrected chi connectivity index (χ3v) is 5.31. The monoisotopic (exact) mass is 388 g/mol. The van der Waals surface area contributed by atoms with Crippen molar-refractivity contribution < 1.29 is 9.31 Å². The third kappa shape index (κ3) is 2.41. The van der Waals surface area contributed by atoms with E-state index in [0.29, 0.717) is 5.69 Å². The van der Waals surface area contributed by atoms with Crippen molar-refractivity contribution in [1.29, 1.82) is 0 Å². The van der Waals surface area contributed by atoms with E-state index in [1.807, 2.05) is 6.07 Å². The Morgan fingerprint density at radius 2 is 2.00 bits per heavy atom. The molecule has 0 saturated carbocycles. The number of rotatable bonds is 2. The second-order valence-electron chi connectivity index (χ2n) is 6.18. The number of hydrogen-bond acceptors (Lipinski definition) is 3. The van der Waals surface area contributed by atoms with Crippen LogP contribution in [0.2, 0.25) is 0 Å². The zero-order valence-electron chi connectivity index (χ0n) is 12.6. The Bertz CT molecular complexity index is 851. The molecule has 0 aromatic heterocycles. The lowest BCUT2D eigenvalue weighted by molar-refractivity contribution is -0.384. The largest absolute Gasteiger partial charge is 0.375 e. The lowest BCUT2D eigenvalue weighted by Crippen LogP contribution is -2.29. The minimum absolute atomic E-state index is 0.0613. The molecule has 1 aliphatic carbocycles. The fraction of sp³-hybridized carbons (Fsp3) is 0.222. The summed E-state index contributed by atoms with van der Waals surface area (Å²) in [7, 11) is 0. The molecule has 4 nitrogen and oxygen atoms in total. The number of nitro benzene ring substituents is 1. The number of nitrogens with zero attached hydrogens (tertiary/aromatic N) is 1. The molecule has 24 heavy (non-hydrogen) atoms.